The van der Waals surface area contributed by atoms with Crippen LogP contribution in [-0.2, 0) is 6.61 Å². The highest BCUT2D eigenvalue weighted by Crippen LogP contribution is 2.37. The summed E-state index contributed by atoms with van der Waals surface area (Å²) in [5.41, 5.74) is 2.99. The minimum absolute atomic E-state index is 0.206. The normalized spacial score (nSPS) is 20.0. The summed E-state index contributed by atoms with van der Waals surface area (Å²) in [7, 11) is 0. The van der Waals surface area contributed by atoms with E-state index in [1.807, 2.05) is 0 Å². The first kappa shape index (κ1) is 17.8. The van der Waals surface area contributed by atoms with Gasteiger partial charge in [0.1, 0.15) is 12.4 Å². The van der Waals surface area contributed by atoms with E-state index in [-0.39, 0.29) is 24.6 Å². The van der Waals surface area contributed by atoms with Crippen molar-refractivity contribution in [1.29, 1.82) is 0 Å². The molecule has 0 unspecified atom stereocenters. The average molecular weight is 368 g/mol. The van der Waals surface area contributed by atoms with E-state index in [0.717, 1.165) is 36.9 Å². The average Bonchev–Trinajstić information content (AvgIpc) is 3.14. The first-order valence-corrected chi connectivity index (χ1v) is 9.09. The van der Waals surface area contributed by atoms with Crippen LogP contribution >= 0.6 is 0 Å². The van der Waals surface area contributed by atoms with Crippen LogP contribution in [0.5, 0.6) is 0 Å². The van der Waals surface area contributed by atoms with Crippen molar-refractivity contribution < 1.29 is 14.6 Å². The molecule has 27 heavy (non-hydrogen) atoms. The maximum atomic E-state index is 13.4. The number of aliphatic hydroxyl groups is 2. The third kappa shape index (κ3) is 3.61. The molecule has 1 aliphatic carbocycles. The van der Waals surface area contributed by atoms with Gasteiger partial charge in [0, 0.05) is 17.8 Å². The molecule has 2 heterocycles. The van der Waals surface area contributed by atoms with E-state index in [0.29, 0.717) is 17.2 Å². The van der Waals surface area contributed by atoms with Gasteiger partial charge in [-0.05, 0) is 56.0 Å². The van der Waals surface area contributed by atoms with E-state index in [1.54, 1.807) is 30.7 Å². The number of hydrogen-bond acceptors (Lipinski definition) is 5. The van der Waals surface area contributed by atoms with Gasteiger partial charge in [-0.2, -0.15) is 0 Å². The highest BCUT2D eigenvalue weighted by molar-refractivity contribution is 5.76. The second-order valence-corrected chi connectivity index (χ2v) is 6.83. The van der Waals surface area contributed by atoms with Gasteiger partial charge >= 0.3 is 0 Å². The zero-order valence-corrected chi connectivity index (χ0v) is 14.8. The molecule has 0 aliphatic heterocycles. The molecule has 7 heteroatoms. The fraction of sp³-hybridized carbons (Fsp3) is 0.350. The summed E-state index contributed by atoms with van der Waals surface area (Å²) < 4.78 is 15.5. The van der Waals surface area contributed by atoms with Gasteiger partial charge in [-0.1, -0.05) is 0 Å². The SMILES string of the molecule is OCc1nccc(-c2c(-c3ccc(F)cc3)ncn2C2CCC(O)CC2)n1. The van der Waals surface area contributed by atoms with Crippen LogP contribution < -0.4 is 0 Å². The number of aliphatic hydroxyl groups excluding tert-OH is 2. The van der Waals surface area contributed by atoms with Crippen molar-refractivity contribution in [1.82, 2.24) is 19.5 Å². The van der Waals surface area contributed by atoms with Crippen LogP contribution in [0.25, 0.3) is 22.6 Å². The Kier molecular flexibility index (Phi) is 4.96. The summed E-state index contributed by atoms with van der Waals surface area (Å²) in [4.78, 5) is 13.1. The van der Waals surface area contributed by atoms with Crippen molar-refractivity contribution in [3.8, 4) is 22.6 Å². The molecule has 2 aromatic heterocycles. The van der Waals surface area contributed by atoms with Gasteiger partial charge in [0.05, 0.1) is 29.5 Å². The van der Waals surface area contributed by atoms with Crippen molar-refractivity contribution in [2.24, 2.45) is 0 Å². The molecule has 1 aliphatic rings. The van der Waals surface area contributed by atoms with Gasteiger partial charge in [-0.15, -0.1) is 0 Å². The van der Waals surface area contributed by atoms with Crippen LogP contribution in [0.2, 0.25) is 0 Å². The zero-order valence-electron chi connectivity index (χ0n) is 14.8. The van der Waals surface area contributed by atoms with Crippen LogP contribution in [0.4, 0.5) is 4.39 Å². The van der Waals surface area contributed by atoms with Crippen LogP contribution in [0.15, 0.2) is 42.9 Å². The number of benzene rings is 1. The van der Waals surface area contributed by atoms with E-state index >= 15 is 0 Å². The molecule has 0 atom stereocenters. The summed E-state index contributed by atoms with van der Waals surface area (Å²) in [6.07, 6.45) is 6.36. The van der Waals surface area contributed by atoms with Crippen molar-refractivity contribution in [3.63, 3.8) is 0 Å². The Labute approximate surface area is 156 Å². The maximum Gasteiger partial charge on any atom is 0.154 e. The van der Waals surface area contributed by atoms with Gasteiger partial charge in [0.2, 0.25) is 0 Å². The minimum Gasteiger partial charge on any atom is -0.393 e. The highest BCUT2D eigenvalue weighted by Gasteiger charge is 2.26. The Hall–Kier alpha value is -2.64. The van der Waals surface area contributed by atoms with Gasteiger partial charge in [0.15, 0.2) is 5.82 Å². The highest BCUT2D eigenvalue weighted by atomic mass is 19.1. The number of halogens is 1. The fourth-order valence-electron chi connectivity index (χ4n) is 3.65. The second kappa shape index (κ2) is 7.54. The van der Waals surface area contributed by atoms with Crippen molar-refractivity contribution in [2.75, 3.05) is 0 Å². The number of aromatic nitrogens is 4. The van der Waals surface area contributed by atoms with E-state index in [9.17, 15) is 14.6 Å². The molecule has 0 amide bonds. The summed E-state index contributed by atoms with van der Waals surface area (Å²) in [5.74, 6) is 0.0370. The topological polar surface area (TPSA) is 84.1 Å². The zero-order chi connectivity index (χ0) is 18.8. The Morgan fingerprint density at radius 2 is 1.78 bits per heavy atom. The summed E-state index contributed by atoms with van der Waals surface area (Å²) in [6.45, 7) is -0.247. The van der Waals surface area contributed by atoms with E-state index < -0.39 is 0 Å². The molecule has 4 rings (SSSR count). The van der Waals surface area contributed by atoms with E-state index in [1.165, 1.54) is 12.1 Å². The Morgan fingerprint density at radius 3 is 2.48 bits per heavy atom. The van der Waals surface area contributed by atoms with Gasteiger partial charge in [-0.25, -0.2) is 19.3 Å². The van der Waals surface area contributed by atoms with Crippen LogP contribution in [0.3, 0.4) is 0 Å². The number of nitrogens with zero attached hydrogens (tertiary/aromatic N) is 4. The molecule has 0 radical (unpaired) electrons. The molecule has 0 saturated heterocycles. The molecular formula is C20H21FN4O2. The standard InChI is InChI=1S/C20H21FN4O2/c21-14-3-1-13(2-4-14)19-20(17-9-10-22-18(11-26)24-17)25(12-23-19)15-5-7-16(27)8-6-15/h1-4,9-10,12,15-16,26-27H,5-8,11H2. The predicted molar refractivity (Wildman–Crippen MR) is 98.1 cm³/mol. The quantitative estimate of drug-likeness (QED) is 0.739. The van der Waals surface area contributed by atoms with Crippen molar-refractivity contribution in [2.45, 2.75) is 44.4 Å². The maximum absolute atomic E-state index is 13.4. The Morgan fingerprint density at radius 1 is 1.04 bits per heavy atom. The summed E-state index contributed by atoms with van der Waals surface area (Å²) >= 11 is 0. The lowest BCUT2D eigenvalue weighted by molar-refractivity contribution is 0.111. The largest absolute Gasteiger partial charge is 0.393 e. The predicted octanol–water partition coefficient (Wildman–Crippen LogP) is 3.11. The lowest BCUT2D eigenvalue weighted by Crippen LogP contribution is -2.21. The smallest absolute Gasteiger partial charge is 0.154 e. The summed E-state index contributed by atoms with van der Waals surface area (Å²) in [5, 5.41) is 19.2. The van der Waals surface area contributed by atoms with Gasteiger partial charge in [-0.3, -0.25) is 0 Å². The Bertz CT molecular complexity index is 918. The lowest BCUT2D eigenvalue weighted by atomic mass is 9.92. The third-order valence-electron chi connectivity index (χ3n) is 5.06. The van der Waals surface area contributed by atoms with Crippen LogP contribution in [0.1, 0.15) is 37.5 Å². The molecule has 6 nitrogen and oxygen atoms in total. The molecule has 0 spiro atoms. The molecule has 2 N–H and O–H groups in total. The lowest BCUT2D eigenvalue weighted by Gasteiger charge is -2.28. The molecule has 1 fully saturated rings. The molecule has 3 aromatic rings. The third-order valence-corrected chi connectivity index (χ3v) is 5.06. The van der Waals surface area contributed by atoms with E-state index in [4.69, 9.17) is 0 Å². The second-order valence-electron chi connectivity index (χ2n) is 6.83. The minimum atomic E-state index is -0.300. The molecule has 1 saturated carbocycles. The number of rotatable bonds is 4. The Balaban J connectivity index is 1.83. The molecular weight excluding hydrogens is 347 g/mol. The molecule has 0 bridgehead atoms. The first-order valence-electron chi connectivity index (χ1n) is 9.09. The van der Waals surface area contributed by atoms with E-state index in [2.05, 4.69) is 19.5 Å². The monoisotopic (exact) mass is 368 g/mol. The first-order chi connectivity index (χ1) is 13.2. The van der Waals surface area contributed by atoms with Crippen LogP contribution in [0, 0.1) is 5.82 Å². The number of hydrogen-bond donors (Lipinski definition) is 2. The van der Waals surface area contributed by atoms with Crippen LogP contribution in [-0.4, -0.2) is 35.8 Å². The fourth-order valence-corrected chi connectivity index (χ4v) is 3.65. The molecule has 140 valence electrons. The number of imidazole rings is 1. The van der Waals surface area contributed by atoms with Crippen molar-refractivity contribution >= 4 is 0 Å². The van der Waals surface area contributed by atoms with Crippen molar-refractivity contribution in [3.05, 3.63) is 54.5 Å². The summed E-state index contributed by atoms with van der Waals surface area (Å²) in [6, 6.07) is 8.21. The molecule has 1 aromatic carbocycles. The van der Waals surface area contributed by atoms with Gasteiger partial charge < -0.3 is 14.8 Å². The van der Waals surface area contributed by atoms with Gasteiger partial charge in [0.25, 0.3) is 0 Å².